The van der Waals surface area contributed by atoms with Crippen LogP contribution in [0.5, 0.6) is 0 Å². The highest BCUT2D eigenvalue weighted by molar-refractivity contribution is 6.20. The minimum Gasteiger partial charge on any atom is -0.372 e. The highest BCUT2D eigenvalue weighted by Crippen LogP contribution is 2.49. The second-order valence-corrected chi connectivity index (χ2v) is 8.95. The van der Waals surface area contributed by atoms with E-state index in [9.17, 15) is 14.4 Å². The Balaban J connectivity index is 1.61. The molecule has 176 valence electrons. The van der Waals surface area contributed by atoms with Crippen LogP contribution < -0.4 is 15.5 Å². The molecule has 0 bridgehead atoms. The molecular weight excluding hydrogens is 449 g/mol. The fourth-order valence-electron chi connectivity index (χ4n) is 5.62. The van der Waals surface area contributed by atoms with Gasteiger partial charge in [0.25, 0.3) is 0 Å². The molecule has 3 aliphatic heterocycles. The Bertz CT molecular complexity index is 1380. The first-order valence-electron chi connectivity index (χ1n) is 10.8. The molecule has 2 N–H and O–H groups in total. The Morgan fingerprint density at radius 2 is 1.94 bits per heavy atom. The molecule has 0 radical (unpaired) electrons. The maximum Gasteiger partial charge on any atom is 0.328 e. The fourth-order valence-corrected chi connectivity index (χ4v) is 5.62. The molecule has 3 aromatic rings. The van der Waals surface area contributed by atoms with Crippen molar-refractivity contribution in [3.8, 4) is 11.5 Å². The number of ether oxygens (including phenoxy) is 1. The fraction of sp³-hybridized carbons (Fsp3) is 0.429. The molecule has 34 heavy (non-hydrogen) atoms. The van der Waals surface area contributed by atoms with E-state index >= 15 is 4.39 Å². The summed E-state index contributed by atoms with van der Waals surface area (Å²) in [6, 6.07) is -0.0769. The number of barbiturate groups is 1. The molecule has 5 heterocycles. The maximum absolute atomic E-state index is 16.0. The van der Waals surface area contributed by atoms with Crippen molar-refractivity contribution in [2.24, 2.45) is 12.5 Å². The third-order valence-corrected chi connectivity index (χ3v) is 6.89. The molecule has 1 aromatic carbocycles. The quantitative estimate of drug-likeness (QED) is 0.491. The van der Waals surface area contributed by atoms with Gasteiger partial charge in [-0.25, -0.2) is 18.9 Å². The van der Waals surface area contributed by atoms with E-state index in [-0.39, 0.29) is 36.0 Å². The minimum atomic E-state index is -1.71. The van der Waals surface area contributed by atoms with Crippen LogP contribution >= 0.6 is 0 Å². The van der Waals surface area contributed by atoms with Crippen molar-refractivity contribution < 1.29 is 28.0 Å². The smallest absolute Gasteiger partial charge is 0.328 e. The van der Waals surface area contributed by atoms with Gasteiger partial charge in [0, 0.05) is 20.0 Å². The molecule has 2 aromatic heterocycles. The van der Waals surface area contributed by atoms with E-state index < -0.39 is 41.2 Å². The molecule has 3 unspecified atom stereocenters. The zero-order chi connectivity index (χ0) is 23.9. The SMILES string of the molecule is CC1CN2c3c(cc4c(-c5ncnn5C)noc4c3F)CC3(C(=O)NC(=O)NC3=O)C2C(C)O1. The molecule has 2 saturated heterocycles. The number of carbonyl (C=O) groups is 3. The summed E-state index contributed by atoms with van der Waals surface area (Å²) in [7, 11) is 1.67. The van der Waals surface area contributed by atoms with Gasteiger partial charge in [0.1, 0.15) is 6.33 Å². The first kappa shape index (κ1) is 20.7. The van der Waals surface area contributed by atoms with E-state index in [1.54, 1.807) is 24.9 Å². The Kier molecular flexibility index (Phi) is 4.16. The van der Waals surface area contributed by atoms with Crippen molar-refractivity contribution in [1.29, 1.82) is 0 Å². The van der Waals surface area contributed by atoms with Crippen molar-refractivity contribution in [2.45, 2.75) is 38.5 Å². The van der Waals surface area contributed by atoms with Gasteiger partial charge in [0.15, 0.2) is 22.8 Å². The third-order valence-electron chi connectivity index (χ3n) is 6.89. The Morgan fingerprint density at radius 1 is 1.21 bits per heavy atom. The Hall–Kier alpha value is -3.87. The number of halogens is 1. The Morgan fingerprint density at radius 3 is 2.62 bits per heavy atom. The largest absolute Gasteiger partial charge is 0.372 e. The van der Waals surface area contributed by atoms with Crippen molar-refractivity contribution in [2.75, 3.05) is 11.4 Å². The molecule has 2 fully saturated rings. The first-order chi connectivity index (χ1) is 16.2. The number of aromatic nitrogens is 4. The topological polar surface area (TPSA) is 144 Å². The number of aryl methyl sites for hydroxylation is 1. The molecular formula is C21H20FN7O5. The second-order valence-electron chi connectivity index (χ2n) is 8.95. The van der Waals surface area contributed by atoms with Gasteiger partial charge in [0.05, 0.1) is 29.3 Å². The third kappa shape index (κ3) is 2.55. The van der Waals surface area contributed by atoms with Crippen molar-refractivity contribution >= 4 is 34.5 Å². The number of nitrogens with zero attached hydrogens (tertiary/aromatic N) is 5. The van der Waals surface area contributed by atoms with Crippen LogP contribution in [0.2, 0.25) is 0 Å². The van der Waals surface area contributed by atoms with Crippen LogP contribution in [0.3, 0.4) is 0 Å². The van der Waals surface area contributed by atoms with Gasteiger partial charge in [-0.15, -0.1) is 0 Å². The number of nitrogens with one attached hydrogen (secondary N) is 2. The number of urea groups is 1. The summed E-state index contributed by atoms with van der Waals surface area (Å²) in [6.07, 6.45) is 0.284. The standard InChI is InChI=1S/C21H20FN7O5/c1-8-6-29-14-10(4-11-13(17-23-7-24-28(17)3)27-34-15(11)12(14)22)5-21(16(29)9(2)33-8)18(30)25-20(32)26-19(21)31/h4,7-9,16H,5-6H2,1-3H3,(H2,25,26,30,31,32). The lowest BCUT2D eigenvalue weighted by atomic mass is 9.66. The van der Waals surface area contributed by atoms with Crippen LogP contribution in [0.25, 0.3) is 22.5 Å². The maximum atomic E-state index is 16.0. The molecule has 0 saturated carbocycles. The number of fused-ring (bicyclic) bond motifs is 5. The number of amides is 4. The van der Waals surface area contributed by atoms with E-state index in [1.807, 2.05) is 6.92 Å². The van der Waals surface area contributed by atoms with Crippen LogP contribution in [0.1, 0.15) is 19.4 Å². The average Bonchev–Trinajstić information content (AvgIpc) is 3.37. The van der Waals surface area contributed by atoms with Gasteiger partial charge in [-0.2, -0.15) is 5.10 Å². The van der Waals surface area contributed by atoms with Gasteiger partial charge in [0.2, 0.25) is 17.4 Å². The summed E-state index contributed by atoms with van der Waals surface area (Å²) in [4.78, 5) is 44.2. The van der Waals surface area contributed by atoms with Crippen LogP contribution in [0.15, 0.2) is 16.9 Å². The number of hydrogen-bond acceptors (Lipinski definition) is 9. The van der Waals surface area contributed by atoms with Gasteiger partial charge in [-0.1, -0.05) is 5.16 Å². The van der Waals surface area contributed by atoms with E-state index in [0.29, 0.717) is 16.8 Å². The molecule has 3 aliphatic rings. The predicted octanol–water partition coefficient (Wildman–Crippen LogP) is 0.653. The number of hydrogen-bond donors (Lipinski definition) is 2. The molecule has 4 amide bonds. The van der Waals surface area contributed by atoms with Crippen LogP contribution in [0.4, 0.5) is 14.9 Å². The van der Waals surface area contributed by atoms with E-state index in [2.05, 4.69) is 25.9 Å². The van der Waals surface area contributed by atoms with Gasteiger partial charge < -0.3 is 14.2 Å². The molecule has 3 atom stereocenters. The van der Waals surface area contributed by atoms with Crippen LogP contribution in [-0.2, 0) is 27.8 Å². The van der Waals surface area contributed by atoms with Crippen molar-refractivity contribution in [1.82, 2.24) is 30.6 Å². The monoisotopic (exact) mass is 469 g/mol. The van der Waals surface area contributed by atoms with Crippen LogP contribution in [-0.4, -0.2) is 62.6 Å². The molecule has 6 rings (SSSR count). The van der Waals surface area contributed by atoms with E-state index in [4.69, 9.17) is 9.26 Å². The number of anilines is 1. The lowest BCUT2D eigenvalue weighted by molar-refractivity contribution is -0.153. The molecule has 12 nitrogen and oxygen atoms in total. The number of imide groups is 2. The first-order valence-corrected chi connectivity index (χ1v) is 10.8. The highest BCUT2D eigenvalue weighted by Gasteiger charge is 2.63. The van der Waals surface area contributed by atoms with E-state index in [0.717, 1.165) is 0 Å². The summed E-state index contributed by atoms with van der Waals surface area (Å²) in [5.74, 6) is -1.77. The summed E-state index contributed by atoms with van der Waals surface area (Å²) < 4.78 is 28.8. The molecule has 13 heteroatoms. The zero-order valence-corrected chi connectivity index (χ0v) is 18.5. The number of rotatable bonds is 1. The lowest BCUT2D eigenvalue weighted by Gasteiger charge is -2.55. The normalized spacial score (nSPS) is 25.8. The number of morpholine rings is 1. The van der Waals surface area contributed by atoms with Crippen molar-refractivity contribution in [3.05, 3.63) is 23.8 Å². The predicted molar refractivity (Wildman–Crippen MR) is 113 cm³/mol. The summed E-state index contributed by atoms with van der Waals surface area (Å²) in [5.41, 5.74) is -0.852. The highest BCUT2D eigenvalue weighted by atomic mass is 19.1. The lowest BCUT2D eigenvalue weighted by Crippen LogP contribution is -2.75. The van der Waals surface area contributed by atoms with Gasteiger partial charge in [-0.3, -0.25) is 20.2 Å². The molecule has 1 spiro atoms. The van der Waals surface area contributed by atoms with E-state index in [1.165, 1.54) is 11.0 Å². The van der Waals surface area contributed by atoms with Crippen molar-refractivity contribution in [3.63, 3.8) is 0 Å². The zero-order valence-electron chi connectivity index (χ0n) is 18.5. The van der Waals surface area contributed by atoms with Crippen LogP contribution in [0, 0.1) is 11.2 Å². The summed E-state index contributed by atoms with van der Waals surface area (Å²) >= 11 is 0. The number of benzene rings is 1. The van der Waals surface area contributed by atoms with Gasteiger partial charge in [-0.05, 0) is 25.5 Å². The summed E-state index contributed by atoms with van der Waals surface area (Å²) in [5, 5.41) is 12.8. The Labute approximate surface area is 191 Å². The van der Waals surface area contributed by atoms with Gasteiger partial charge >= 0.3 is 6.03 Å². The second kappa shape index (κ2) is 6.82. The summed E-state index contributed by atoms with van der Waals surface area (Å²) in [6.45, 7) is 3.79. The minimum absolute atomic E-state index is 0.0639. The number of carbonyl (C=O) groups excluding carboxylic acids is 3. The molecule has 0 aliphatic carbocycles. The average molecular weight is 469 g/mol.